The summed E-state index contributed by atoms with van der Waals surface area (Å²) in [6, 6.07) is 0. The molecule has 0 bridgehead atoms. The van der Waals surface area contributed by atoms with Gasteiger partial charge in [0.05, 0.1) is 7.11 Å². The molecular formula is C8H11N3O4. The molecular weight excluding hydrogens is 202 g/mol. The molecule has 0 saturated carbocycles. The van der Waals surface area contributed by atoms with E-state index in [2.05, 4.69) is 4.74 Å². The molecule has 82 valence electrons. The normalized spacial score (nSPS) is 10.0. The molecule has 0 aliphatic heterocycles. The van der Waals surface area contributed by atoms with Crippen molar-refractivity contribution in [2.24, 2.45) is 5.73 Å². The fourth-order valence-corrected chi connectivity index (χ4v) is 1.07. The molecule has 0 fully saturated rings. The molecule has 0 saturated heterocycles. The van der Waals surface area contributed by atoms with Crippen molar-refractivity contribution in [3.8, 4) is 0 Å². The number of ether oxygens (including phenoxy) is 1. The van der Waals surface area contributed by atoms with Crippen LogP contribution >= 0.6 is 0 Å². The van der Waals surface area contributed by atoms with Crippen molar-refractivity contribution in [1.29, 1.82) is 0 Å². The Morgan fingerprint density at radius 3 is 2.80 bits per heavy atom. The van der Waals surface area contributed by atoms with Crippen LogP contribution in [0.3, 0.4) is 0 Å². The summed E-state index contributed by atoms with van der Waals surface area (Å²) in [5.41, 5.74) is 3.68. The lowest BCUT2D eigenvalue weighted by Gasteiger charge is -2.04. The molecule has 0 amide bonds. The topological polar surface area (TPSA) is 107 Å². The van der Waals surface area contributed by atoms with E-state index in [0.717, 1.165) is 17.9 Å². The molecule has 0 aromatic carbocycles. The Morgan fingerprint density at radius 2 is 2.27 bits per heavy atom. The summed E-state index contributed by atoms with van der Waals surface area (Å²) in [7, 11) is 1.15. The van der Waals surface area contributed by atoms with E-state index in [9.17, 15) is 14.4 Å². The van der Waals surface area contributed by atoms with Crippen molar-refractivity contribution in [1.82, 2.24) is 9.55 Å². The number of nitrogens with two attached hydrogens (primary N) is 1. The van der Waals surface area contributed by atoms with Crippen LogP contribution in [0.25, 0.3) is 0 Å². The monoisotopic (exact) mass is 213 g/mol. The molecule has 0 aliphatic rings. The minimum absolute atomic E-state index is 0.217. The van der Waals surface area contributed by atoms with Crippen molar-refractivity contribution in [3.05, 3.63) is 32.6 Å². The molecule has 15 heavy (non-hydrogen) atoms. The van der Waals surface area contributed by atoms with E-state index < -0.39 is 17.2 Å². The van der Waals surface area contributed by atoms with E-state index in [-0.39, 0.29) is 18.7 Å². The first-order valence-electron chi connectivity index (χ1n) is 4.22. The van der Waals surface area contributed by atoms with Gasteiger partial charge in [0.2, 0.25) is 0 Å². The summed E-state index contributed by atoms with van der Waals surface area (Å²) >= 11 is 0. The molecule has 1 heterocycles. The zero-order valence-corrected chi connectivity index (χ0v) is 8.15. The van der Waals surface area contributed by atoms with E-state index >= 15 is 0 Å². The van der Waals surface area contributed by atoms with Crippen molar-refractivity contribution >= 4 is 5.97 Å². The first-order chi connectivity index (χ1) is 7.10. The van der Waals surface area contributed by atoms with Crippen LogP contribution in [0.5, 0.6) is 0 Å². The van der Waals surface area contributed by atoms with Gasteiger partial charge in [0.1, 0.15) is 5.56 Å². The Bertz CT molecular complexity index is 474. The third kappa shape index (κ3) is 2.32. The summed E-state index contributed by atoms with van der Waals surface area (Å²) in [5.74, 6) is -0.790. The number of carbonyl (C=O) groups excluding carboxylic acids is 1. The number of aromatic amines is 1. The third-order valence-corrected chi connectivity index (χ3v) is 1.79. The minimum atomic E-state index is -0.790. The van der Waals surface area contributed by atoms with Crippen LogP contribution in [-0.4, -0.2) is 29.2 Å². The lowest BCUT2D eigenvalue weighted by Crippen LogP contribution is -2.34. The quantitative estimate of drug-likeness (QED) is 0.581. The van der Waals surface area contributed by atoms with E-state index in [4.69, 9.17) is 5.73 Å². The number of esters is 1. The molecule has 7 heteroatoms. The van der Waals surface area contributed by atoms with E-state index in [1.165, 1.54) is 0 Å². The van der Waals surface area contributed by atoms with Gasteiger partial charge in [-0.25, -0.2) is 9.59 Å². The molecule has 1 aromatic heterocycles. The number of rotatable bonds is 3. The molecule has 7 nitrogen and oxygen atoms in total. The maximum Gasteiger partial charge on any atom is 0.345 e. The van der Waals surface area contributed by atoms with Gasteiger partial charge in [-0.3, -0.25) is 14.3 Å². The Kier molecular flexibility index (Phi) is 3.40. The highest BCUT2D eigenvalue weighted by Gasteiger charge is 2.12. The maximum atomic E-state index is 11.2. The molecule has 0 spiro atoms. The SMILES string of the molecule is COC(=O)c1cn(CCN)c(=O)[nH]c1=O. The first kappa shape index (κ1) is 11.2. The first-order valence-corrected chi connectivity index (χ1v) is 4.22. The van der Waals surface area contributed by atoms with Crippen molar-refractivity contribution in [2.75, 3.05) is 13.7 Å². The summed E-state index contributed by atoms with van der Waals surface area (Å²) in [5, 5.41) is 0. The van der Waals surface area contributed by atoms with Crippen LogP contribution in [0.1, 0.15) is 10.4 Å². The maximum absolute atomic E-state index is 11.2. The molecule has 1 aromatic rings. The highest BCUT2D eigenvalue weighted by molar-refractivity contribution is 5.88. The van der Waals surface area contributed by atoms with Gasteiger partial charge in [-0.15, -0.1) is 0 Å². The Balaban J connectivity index is 3.30. The van der Waals surface area contributed by atoms with Gasteiger partial charge in [0, 0.05) is 19.3 Å². The van der Waals surface area contributed by atoms with Crippen molar-refractivity contribution < 1.29 is 9.53 Å². The number of hydrogen-bond donors (Lipinski definition) is 2. The summed E-state index contributed by atoms with van der Waals surface area (Å²) in [6.45, 7) is 0.451. The lowest BCUT2D eigenvalue weighted by molar-refractivity contribution is 0.0597. The number of aromatic nitrogens is 2. The van der Waals surface area contributed by atoms with Crippen LogP contribution in [0.2, 0.25) is 0 Å². The minimum Gasteiger partial charge on any atom is -0.465 e. The average molecular weight is 213 g/mol. The zero-order chi connectivity index (χ0) is 11.4. The summed E-state index contributed by atoms with van der Waals surface area (Å²) in [4.78, 5) is 35.5. The van der Waals surface area contributed by atoms with Crippen molar-refractivity contribution in [2.45, 2.75) is 6.54 Å². The lowest BCUT2D eigenvalue weighted by atomic mass is 10.3. The molecule has 0 unspecified atom stereocenters. The third-order valence-electron chi connectivity index (χ3n) is 1.79. The number of methoxy groups -OCH3 is 1. The largest absolute Gasteiger partial charge is 0.465 e. The number of nitrogens with zero attached hydrogens (tertiary/aromatic N) is 1. The Morgan fingerprint density at radius 1 is 1.60 bits per heavy atom. The Labute approximate surface area is 84.5 Å². The molecule has 1 rings (SSSR count). The van der Waals surface area contributed by atoms with Gasteiger partial charge in [-0.05, 0) is 0 Å². The van der Waals surface area contributed by atoms with E-state index in [1.54, 1.807) is 0 Å². The molecule has 0 aliphatic carbocycles. The molecule has 0 radical (unpaired) electrons. The predicted molar refractivity (Wildman–Crippen MR) is 51.7 cm³/mol. The summed E-state index contributed by atoms with van der Waals surface area (Å²) in [6.07, 6.45) is 1.14. The fourth-order valence-electron chi connectivity index (χ4n) is 1.07. The molecule has 0 atom stereocenters. The van der Waals surface area contributed by atoms with E-state index in [1.807, 2.05) is 4.98 Å². The predicted octanol–water partition coefficient (Wildman–Crippen LogP) is -1.72. The van der Waals surface area contributed by atoms with Crippen LogP contribution < -0.4 is 17.0 Å². The van der Waals surface area contributed by atoms with Gasteiger partial charge in [0.15, 0.2) is 0 Å². The van der Waals surface area contributed by atoms with Gasteiger partial charge in [0.25, 0.3) is 5.56 Å². The second-order valence-electron chi connectivity index (χ2n) is 2.78. The highest BCUT2D eigenvalue weighted by Crippen LogP contribution is 1.90. The van der Waals surface area contributed by atoms with Gasteiger partial charge in [-0.2, -0.15) is 0 Å². The standard InChI is InChI=1S/C8H11N3O4/c1-15-7(13)5-4-11(3-2-9)8(14)10-6(5)12/h4H,2-3,9H2,1H3,(H,10,12,14). The van der Waals surface area contributed by atoms with Gasteiger partial charge < -0.3 is 10.5 Å². The summed E-state index contributed by atoms with van der Waals surface area (Å²) < 4.78 is 5.53. The van der Waals surface area contributed by atoms with Crippen LogP contribution in [-0.2, 0) is 11.3 Å². The van der Waals surface area contributed by atoms with E-state index in [0.29, 0.717) is 0 Å². The van der Waals surface area contributed by atoms with Gasteiger partial charge in [-0.1, -0.05) is 0 Å². The Hall–Kier alpha value is -1.89. The van der Waals surface area contributed by atoms with Crippen LogP contribution in [0.4, 0.5) is 0 Å². The second-order valence-corrected chi connectivity index (χ2v) is 2.78. The van der Waals surface area contributed by atoms with Crippen LogP contribution in [0.15, 0.2) is 15.8 Å². The number of H-pyrrole nitrogens is 1. The van der Waals surface area contributed by atoms with Crippen LogP contribution in [0, 0.1) is 0 Å². The van der Waals surface area contributed by atoms with Crippen molar-refractivity contribution in [3.63, 3.8) is 0 Å². The van der Waals surface area contributed by atoms with Gasteiger partial charge >= 0.3 is 11.7 Å². The number of nitrogens with one attached hydrogen (secondary N) is 1. The zero-order valence-electron chi connectivity index (χ0n) is 8.15. The smallest absolute Gasteiger partial charge is 0.345 e. The molecule has 3 N–H and O–H groups in total. The number of carbonyl (C=O) groups is 1. The highest BCUT2D eigenvalue weighted by atomic mass is 16.5. The number of hydrogen-bond acceptors (Lipinski definition) is 5. The second kappa shape index (κ2) is 4.56. The average Bonchev–Trinajstić information content (AvgIpc) is 2.21. The fraction of sp³-hybridized carbons (Fsp3) is 0.375.